The highest BCUT2D eigenvalue weighted by molar-refractivity contribution is 6.33. The van der Waals surface area contributed by atoms with Gasteiger partial charge in [0.25, 0.3) is 0 Å². The van der Waals surface area contributed by atoms with Crippen molar-refractivity contribution in [2.75, 3.05) is 25.0 Å². The summed E-state index contributed by atoms with van der Waals surface area (Å²) < 4.78 is 0. The Morgan fingerprint density at radius 1 is 1.35 bits per heavy atom. The Bertz CT molecular complexity index is 425. The van der Waals surface area contributed by atoms with E-state index < -0.39 is 0 Å². The number of aryl methyl sites for hydroxylation is 1. The number of hydrogen-bond acceptors (Lipinski definition) is 2. The Morgan fingerprint density at radius 3 is 2.70 bits per heavy atom. The van der Waals surface area contributed by atoms with Crippen molar-refractivity contribution in [2.24, 2.45) is 0 Å². The van der Waals surface area contributed by atoms with Gasteiger partial charge in [0.1, 0.15) is 0 Å². The van der Waals surface area contributed by atoms with Crippen LogP contribution in [0.2, 0.25) is 5.02 Å². The largest absolute Gasteiger partial charge is 0.325 e. The summed E-state index contributed by atoms with van der Waals surface area (Å²) in [5, 5.41) is 3.52. The smallest absolute Gasteiger partial charge is 0.224 e. The number of rotatable bonds is 5. The van der Waals surface area contributed by atoms with Gasteiger partial charge in [0.05, 0.1) is 10.7 Å². The predicted octanol–water partition coefficient (Wildman–Crippen LogP) is 3.88. The van der Waals surface area contributed by atoms with Crippen LogP contribution in [0.15, 0.2) is 18.2 Å². The van der Waals surface area contributed by atoms with Gasteiger partial charge in [-0.15, -0.1) is 12.4 Å². The van der Waals surface area contributed by atoms with Gasteiger partial charge in [-0.25, -0.2) is 0 Å². The van der Waals surface area contributed by atoms with Crippen LogP contribution in [0.25, 0.3) is 0 Å². The lowest BCUT2D eigenvalue weighted by atomic mass is 10.2. The van der Waals surface area contributed by atoms with E-state index in [0.29, 0.717) is 11.4 Å². The van der Waals surface area contributed by atoms with E-state index in [9.17, 15) is 4.79 Å². The summed E-state index contributed by atoms with van der Waals surface area (Å²) in [4.78, 5) is 14.3. The first-order chi connectivity index (χ1) is 9.16. The second-order valence-electron chi connectivity index (χ2n) is 5.13. The third-order valence-electron chi connectivity index (χ3n) is 3.56. The summed E-state index contributed by atoms with van der Waals surface area (Å²) in [5.41, 5.74) is 1.75. The third kappa shape index (κ3) is 4.97. The molecule has 1 N–H and O–H groups in total. The molecule has 2 rings (SSSR count). The molecule has 1 aliphatic heterocycles. The molecule has 1 heterocycles. The average Bonchev–Trinajstić information content (AvgIpc) is 2.87. The summed E-state index contributed by atoms with van der Waals surface area (Å²) >= 11 is 6.09. The minimum Gasteiger partial charge on any atom is -0.325 e. The number of carbonyl (C=O) groups excluding carboxylic acids is 1. The molecule has 1 saturated heterocycles. The highest BCUT2D eigenvalue weighted by Gasteiger charge is 2.12. The summed E-state index contributed by atoms with van der Waals surface area (Å²) in [6.07, 6.45) is 4.06. The lowest BCUT2D eigenvalue weighted by Crippen LogP contribution is -2.22. The highest BCUT2D eigenvalue weighted by Crippen LogP contribution is 2.25. The molecule has 3 nitrogen and oxygen atoms in total. The van der Waals surface area contributed by atoms with Crippen molar-refractivity contribution in [1.29, 1.82) is 0 Å². The molecule has 1 aromatic rings. The standard InChI is InChI=1S/C15H21ClN2O.ClH/c1-12-6-4-7-13(16)15(12)17-14(19)8-5-11-18-9-2-3-10-18;/h4,6-7H,2-3,5,8-11H2,1H3,(H,17,19);1H. The lowest BCUT2D eigenvalue weighted by Gasteiger charge is -2.14. The number of anilines is 1. The van der Waals surface area contributed by atoms with Gasteiger partial charge in [0.15, 0.2) is 0 Å². The van der Waals surface area contributed by atoms with E-state index in [1.54, 1.807) is 6.07 Å². The van der Waals surface area contributed by atoms with Gasteiger partial charge in [-0.05, 0) is 57.5 Å². The van der Waals surface area contributed by atoms with E-state index in [1.165, 1.54) is 25.9 Å². The lowest BCUT2D eigenvalue weighted by molar-refractivity contribution is -0.116. The highest BCUT2D eigenvalue weighted by atomic mass is 35.5. The zero-order valence-corrected chi connectivity index (χ0v) is 13.4. The molecule has 0 unspecified atom stereocenters. The molecule has 5 heteroatoms. The number of nitrogens with zero attached hydrogens (tertiary/aromatic N) is 1. The zero-order chi connectivity index (χ0) is 13.7. The normalized spacial score (nSPS) is 14.9. The Labute approximate surface area is 132 Å². The van der Waals surface area contributed by atoms with Gasteiger partial charge >= 0.3 is 0 Å². The SMILES string of the molecule is Cc1cccc(Cl)c1NC(=O)CCCN1CCCC1.Cl. The van der Waals surface area contributed by atoms with Crippen LogP contribution in [0.4, 0.5) is 5.69 Å². The first-order valence-electron chi connectivity index (χ1n) is 6.94. The molecule has 112 valence electrons. The number of carbonyl (C=O) groups is 1. The number of amides is 1. The molecule has 0 saturated carbocycles. The predicted molar refractivity (Wildman–Crippen MR) is 87.0 cm³/mol. The van der Waals surface area contributed by atoms with E-state index in [0.717, 1.165) is 24.2 Å². The summed E-state index contributed by atoms with van der Waals surface area (Å²) in [6.45, 7) is 5.34. The van der Waals surface area contributed by atoms with Crippen LogP contribution in [0.5, 0.6) is 0 Å². The van der Waals surface area contributed by atoms with E-state index in [1.807, 2.05) is 19.1 Å². The van der Waals surface area contributed by atoms with E-state index >= 15 is 0 Å². The second kappa shape index (κ2) is 8.50. The Kier molecular flexibility index (Phi) is 7.35. The van der Waals surface area contributed by atoms with Crippen molar-refractivity contribution in [3.05, 3.63) is 28.8 Å². The van der Waals surface area contributed by atoms with Crippen LogP contribution in [-0.4, -0.2) is 30.4 Å². The van der Waals surface area contributed by atoms with Crippen molar-refractivity contribution < 1.29 is 4.79 Å². The van der Waals surface area contributed by atoms with Gasteiger partial charge < -0.3 is 10.2 Å². The monoisotopic (exact) mass is 316 g/mol. The molecular weight excluding hydrogens is 295 g/mol. The number of hydrogen-bond donors (Lipinski definition) is 1. The molecule has 20 heavy (non-hydrogen) atoms. The van der Waals surface area contributed by atoms with Gasteiger partial charge in [-0.3, -0.25) is 4.79 Å². The van der Waals surface area contributed by atoms with Crippen molar-refractivity contribution in [3.8, 4) is 0 Å². The van der Waals surface area contributed by atoms with E-state index in [-0.39, 0.29) is 18.3 Å². The van der Waals surface area contributed by atoms with Crippen molar-refractivity contribution in [1.82, 2.24) is 4.90 Å². The maximum Gasteiger partial charge on any atom is 0.224 e. The Morgan fingerprint density at radius 2 is 2.05 bits per heavy atom. The van der Waals surface area contributed by atoms with Gasteiger partial charge in [0.2, 0.25) is 5.91 Å². The third-order valence-corrected chi connectivity index (χ3v) is 3.88. The number of para-hydroxylation sites is 1. The molecule has 0 aromatic heterocycles. The quantitative estimate of drug-likeness (QED) is 0.894. The molecule has 1 fully saturated rings. The number of nitrogens with one attached hydrogen (secondary N) is 1. The molecule has 0 bridgehead atoms. The van der Waals surface area contributed by atoms with Gasteiger partial charge in [-0.1, -0.05) is 23.7 Å². The van der Waals surface area contributed by atoms with Gasteiger partial charge in [-0.2, -0.15) is 0 Å². The minimum absolute atomic E-state index is 0. The molecule has 0 aliphatic carbocycles. The van der Waals surface area contributed by atoms with Crippen LogP contribution >= 0.6 is 24.0 Å². The maximum absolute atomic E-state index is 11.9. The summed E-state index contributed by atoms with van der Waals surface area (Å²) in [7, 11) is 0. The zero-order valence-electron chi connectivity index (χ0n) is 11.8. The van der Waals surface area contributed by atoms with E-state index in [2.05, 4.69) is 10.2 Å². The summed E-state index contributed by atoms with van der Waals surface area (Å²) in [6, 6.07) is 5.64. The fraction of sp³-hybridized carbons (Fsp3) is 0.533. The molecular formula is C15H22Cl2N2O. The maximum atomic E-state index is 11.9. The summed E-state index contributed by atoms with van der Waals surface area (Å²) in [5.74, 6) is 0.0513. The number of halogens is 2. The van der Waals surface area contributed by atoms with E-state index in [4.69, 9.17) is 11.6 Å². The van der Waals surface area contributed by atoms with Gasteiger partial charge in [0, 0.05) is 6.42 Å². The molecule has 0 atom stereocenters. The average molecular weight is 317 g/mol. The van der Waals surface area contributed by atoms with Crippen LogP contribution in [0.3, 0.4) is 0 Å². The minimum atomic E-state index is 0. The number of likely N-dealkylation sites (tertiary alicyclic amines) is 1. The molecule has 1 aromatic carbocycles. The van der Waals surface area contributed by atoms with Crippen molar-refractivity contribution in [2.45, 2.75) is 32.6 Å². The van der Waals surface area contributed by atoms with Crippen LogP contribution in [0.1, 0.15) is 31.2 Å². The van der Waals surface area contributed by atoms with Crippen LogP contribution in [-0.2, 0) is 4.79 Å². The first-order valence-corrected chi connectivity index (χ1v) is 7.32. The van der Waals surface area contributed by atoms with Crippen molar-refractivity contribution in [3.63, 3.8) is 0 Å². The molecule has 0 spiro atoms. The molecule has 0 radical (unpaired) electrons. The second-order valence-corrected chi connectivity index (χ2v) is 5.54. The van der Waals surface area contributed by atoms with Crippen molar-refractivity contribution >= 4 is 35.6 Å². The Hall–Kier alpha value is -0.770. The molecule has 1 amide bonds. The first kappa shape index (κ1) is 17.3. The fourth-order valence-corrected chi connectivity index (χ4v) is 2.73. The topological polar surface area (TPSA) is 32.3 Å². The number of benzene rings is 1. The fourth-order valence-electron chi connectivity index (χ4n) is 2.46. The molecule has 1 aliphatic rings. The Balaban J connectivity index is 0.00000200. The van der Waals surface area contributed by atoms with Crippen LogP contribution < -0.4 is 5.32 Å². The van der Waals surface area contributed by atoms with Crippen LogP contribution in [0, 0.1) is 6.92 Å².